The van der Waals surface area contributed by atoms with Gasteiger partial charge in [0, 0.05) is 12.0 Å². The van der Waals surface area contributed by atoms with E-state index in [0.29, 0.717) is 17.2 Å². The van der Waals surface area contributed by atoms with E-state index in [2.05, 4.69) is 24.3 Å². The van der Waals surface area contributed by atoms with Gasteiger partial charge in [-0.2, -0.15) is 5.10 Å². The summed E-state index contributed by atoms with van der Waals surface area (Å²) in [4.78, 5) is 23.5. The molecule has 2 atom stereocenters. The number of aliphatic carboxylic acids is 1. The van der Waals surface area contributed by atoms with Crippen LogP contribution in [0.2, 0.25) is 0 Å². The van der Waals surface area contributed by atoms with Crippen LogP contribution in [0.15, 0.2) is 30.5 Å². The van der Waals surface area contributed by atoms with Crippen molar-refractivity contribution in [3.8, 4) is 5.75 Å². The molecule has 1 aliphatic carbocycles. The highest BCUT2D eigenvalue weighted by molar-refractivity contribution is 5.95. The molecule has 1 aromatic carbocycles. The molecule has 0 spiro atoms. The second-order valence-corrected chi connectivity index (χ2v) is 7.37. The number of hydrogen-bond acceptors (Lipinski definition) is 4. The number of rotatable bonds is 9. The van der Waals surface area contributed by atoms with Gasteiger partial charge in [0.25, 0.3) is 5.91 Å². The molecule has 0 saturated heterocycles. The number of carboxylic acid groups (broad SMARTS) is 1. The van der Waals surface area contributed by atoms with Crippen molar-refractivity contribution in [1.82, 2.24) is 15.1 Å². The number of nitrogens with one attached hydrogen (secondary N) is 1. The van der Waals surface area contributed by atoms with E-state index in [0.717, 1.165) is 30.5 Å². The molecule has 7 nitrogen and oxygen atoms in total. The molecule has 1 heterocycles. The van der Waals surface area contributed by atoms with Gasteiger partial charge in [0.15, 0.2) is 6.61 Å². The largest absolute Gasteiger partial charge is 0.482 e. The summed E-state index contributed by atoms with van der Waals surface area (Å²) in [5.74, 6) is -0.224. The van der Waals surface area contributed by atoms with Crippen molar-refractivity contribution in [2.24, 2.45) is 0 Å². The SMILES string of the molecule is CCC(C)n1ncc(C(=O)NC(C)c2ccc(OCC(=O)O)cc2)c1C1CC1. The van der Waals surface area contributed by atoms with E-state index < -0.39 is 5.97 Å². The average molecular weight is 385 g/mol. The molecule has 1 fully saturated rings. The van der Waals surface area contributed by atoms with Crippen molar-refractivity contribution in [3.63, 3.8) is 0 Å². The molecule has 28 heavy (non-hydrogen) atoms. The number of ether oxygens (including phenoxy) is 1. The van der Waals surface area contributed by atoms with Crippen molar-refractivity contribution in [2.75, 3.05) is 6.61 Å². The van der Waals surface area contributed by atoms with Gasteiger partial charge in [-0.25, -0.2) is 4.79 Å². The van der Waals surface area contributed by atoms with Gasteiger partial charge in [-0.15, -0.1) is 0 Å². The van der Waals surface area contributed by atoms with Crippen LogP contribution in [-0.2, 0) is 4.79 Å². The maximum atomic E-state index is 12.9. The fourth-order valence-electron chi connectivity index (χ4n) is 3.19. The highest BCUT2D eigenvalue weighted by Crippen LogP contribution is 2.42. The number of carbonyl (C=O) groups is 2. The van der Waals surface area contributed by atoms with E-state index >= 15 is 0 Å². The predicted molar refractivity (Wildman–Crippen MR) is 105 cm³/mol. The van der Waals surface area contributed by atoms with Gasteiger partial charge < -0.3 is 15.2 Å². The Morgan fingerprint density at radius 2 is 1.96 bits per heavy atom. The van der Waals surface area contributed by atoms with Crippen LogP contribution < -0.4 is 10.1 Å². The van der Waals surface area contributed by atoms with Gasteiger partial charge in [-0.3, -0.25) is 9.48 Å². The fourth-order valence-corrected chi connectivity index (χ4v) is 3.19. The second kappa shape index (κ2) is 8.46. The minimum absolute atomic E-state index is 0.116. The minimum Gasteiger partial charge on any atom is -0.482 e. The maximum absolute atomic E-state index is 12.9. The molecule has 150 valence electrons. The number of carboxylic acids is 1. The first kappa shape index (κ1) is 19.9. The molecule has 0 bridgehead atoms. The Balaban J connectivity index is 1.69. The van der Waals surface area contributed by atoms with Gasteiger partial charge in [0.1, 0.15) is 5.75 Å². The quantitative estimate of drug-likeness (QED) is 0.687. The Bertz CT molecular complexity index is 840. The van der Waals surface area contributed by atoms with Crippen molar-refractivity contribution in [2.45, 2.75) is 58.0 Å². The predicted octanol–water partition coefficient (Wildman–Crippen LogP) is 3.69. The van der Waals surface area contributed by atoms with Gasteiger partial charge in [-0.05, 0) is 50.8 Å². The molecule has 1 amide bonds. The third-order valence-corrected chi connectivity index (χ3v) is 5.14. The van der Waals surface area contributed by atoms with Gasteiger partial charge in [0.05, 0.1) is 23.5 Å². The van der Waals surface area contributed by atoms with E-state index in [4.69, 9.17) is 9.84 Å². The molecule has 0 radical (unpaired) electrons. The Morgan fingerprint density at radius 1 is 1.29 bits per heavy atom. The summed E-state index contributed by atoms with van der Waals surface area (Å²) in [6.07, 6.45) is 4.87. The van der Waals surface area contributed by atoms with Crippen LogP contribution in [0.4, 0.5) is 0 Å². The van der Waals surface area contributed by atoms with Gasteiger partial charge in [0.2, 0.25) is 0 Å². The standard InChI is InChI=1S/C21H27N3O4/c1-4-13(2)24-20(16-5-6-16)18(11-22-24)21(27)23-14(3)15-7-9-17(10-8-15)28-12-19(25)26/h7-11,13-14,16H,4-6,12H2,1-3H3,(H,23,27)(H,25,26). The lowest BCUT2D eigenvalue weighted by molar-refractivity contribution is -0.139. The third kappa shape index (κ3) is 4.52. The van der Waals surface area contributed by atoms with E-state index in [1.165, 1.54) is 0 Å². The number of carbonyl (C=O) groups excluding carboxylic acids is 1. The van der Waals surface area contributed by atoms with Crippen LogP contribution in [0.5, 0.6) is 5.75 Å². The van der Waals surface area contributed by atoms with Gasteiger partial charge in [-0.1, -0.05) is 19.1 Å². The Morgan fingerprint density at radius 3 is 2.54 bits per heavy atom. The normalized spacial score (nSPS) is 15.7. The number of benzene rings is 1. The molecule has 7 heteroatoms. The van der Waals surface area contributed by atoms with E-state index in [-0.39, 0.29) is 24.6 Å². The Hall–Kier alpha value is -2.83. The van der Waals surface area contributed by atoms with Crippen LogP contribution in [0.25, 0.3) is 0 Å². The third-order valence-electron chi connectivity index (χ3n) is 5.14. The molecular weight excluding hydrogens is 358 g/mol. The zero-order valence-electron chi connectivity index (χ0n) is 16.5. The highest BCUT2D eigenvalue weighted by Gasteiger charge is 2.33. The number of amides is 1. The zero-order chi connectivity index (χ0) is 20.3. The number of aromatic nitrogens is 2. The summed E-state index contributed by atoms with van der Waals surface area (Å²) in [6, 6.07) is 7.14. The van der Waals surface area contributed by atoms with E-state index in [9.17, 15) is 9.59 Å². The summed E-state index contributed by atoms with van der Waals surface area (Å²) in [5, 5.41) is 16.2. The van der Waals surface area contributed by atoms with Crippen LogP contribution in [0.3, 0.4) is 0 Å². The first-order chi connectivity index (χ1) is 13.4. The second-order valence-electron chi connectivity index (χ2n) is 7.37. The number of hydrogen-bond donors (Lipinski definition) is 2. The van der Waals surface area contributed by atoms with Crippen LogP contribution >= 0.6 is 0 Å². The van der Waals surface area contributed by atoms with Crippen molar-refractivity contribution < 1.29 is 19.4 Å². The maximum Gasteiger partial charge on any atom is 0.341 e. The first-order valence-corrected chi connectivity index (χ1v) is 9.73. The first-order valence-electron chi connectivity index (χ1n) is 9.73. The van der Waals surface area contributed by atoms with Crippen molar-refractivity contribution >= 4 is 11.9 Å². The summed E-state index contributed by atoms with van der Waals surface area (Å²) >= 11 is 0. The lowest BCUT2D eigenvalue weighted by atomic mass is 10.1. The molecule has 1 aromatic heterocycles. The molecular formula is C21H27N3O4. The van der Waals surface area contributed by atoms with E-state index in [1.807, 2.05) is 23.7 Å². The summed E-state index contributed by atoms with van der Waals surface area (Å²) < 4.78 is 7.15. The van der Waals surface area contributed by atoms with Crippen LogP contribution in [0, 0.1) is 0 Å². The summed E-state index contributed by atoms with van der Waals surface area (Å²) in [5.41, 5.74) is 2.63. The van der Waals surface area contributed by atoms with E-state index in [1.54, 1.807) is 18.3 Å². The molecule has 2 N–H and O–H groups in total. The molecule has 2 unspecified atom stereocenters. The van der Waals surface area contributed by atoms with Gasteiger partial charge >= 0.3 is 5.97 Å². The smallest absolute Gasteiger partial charge is 0.341 e. The van der Waals surface area contributed by atoms with Crippen molar-refractivity contribution in [1.29, 1.82) is 0 Å². The van der Waals surface area contributed by atoms with Crippen LogP contribution in [0.1, 0.15) is 79.7 Å². The fraction of sp³-hybridized carbons (Fsp3) is 0.476. The van der Waals surface area contributed by atoms with Crippen molar-refractivity contribution in [3.05, 3.63) is 47.3 Å². The monoisotopic (exact) mass is 385 g/mol. The Labute approximate surface area is 164 Å². The zero-order valence-corrected chi connectivity index (χ0v) is 16.5. The number of nitrogens with zero attached hydrogens (tertiary/aromatic N) is 2. The molecule has 3 rings (SSSR count). The Kier molecular flexibility index (Phi) is 6.02. The summed E-state index contributed by atoms with van der Waals surface area (Å²) in [6.45, 7) is 5.78. The minimum atomic E-state index is -1.02. The molecule has 2 aromatic rings. The lowest BCUT2D eigenvalue weighted by Crippen LogP contribution is -2.27. The lowest BCUT2D eigenvalue weighted by Gasteiger charge is -2.17. The highest BCUT2D eigenvalue weighted by atomic mass is 16.5. The van der Waals surface area contributed by atoms with Crippen LogP contribution in [-0.4, -0.2) is 33.4 Å². The molecule has 1 saturated carbocycles. The molecule has 0 aliphatic heterocycles. The summed E-state index contributed by atoms with van der Waals surface area (Å²) in [7, 11) is 0. The average Bonchev–Trinajstić information content (AvgIpc) is 3.43. The topological polar surface area (TPSA) is 93.5 Å². The molecule has 1 aliphatic rings.